The molecule has 0 saturated carbocycles. The minimum Gasteiger partial charge on any atom is -0.457 e. The molecule has 1 aliphatic rings. The summed E-state index contributed by atoms with van der Waals surface area (Å²) in [5, 5.41) is 1.21. The lowest BCUT2D eigenvalue weighted by atomic mass is 9.89. The molecule has 27 heavy (non-hydrogen) atoms. The van der Waals surface area contributed by atoms with Crippen molar-refractivity contribution < 1.29 is 4.42 Å². The van der Waals surface area contributed by atoms with Gasteiger partial charge in [-0.25, -0.2) is 0 Å². The van der Waals surface area contributed by atoms with E-state index in [1.54, 1.807) is 0 Å². The highest BCUT2D eigenvalue weighted by molar-refractivity contribution is 5.96. The van der Waals surface area contributed by atoms with Gasteiger partial charge in [0.25, 0.3) is 0 Å². The molecule has 3 nitrogen and oxygen atoms in total. The Morgan fingerprint density at radius 2 is 1.59 bits per heavy atom. The van der Waals surface area contributed by atoms with Crippen LogP contribution in [0.1, 0.15) is 52.3 Å². The van der Waals surface area contributed by atoms with Crippen LogP contribution in [-0.4, -0.2) is 18.0 Å². The summed E-state index contributed by atoms with van der Waals surface area (Å²) in [4.78, 5) is 2.52. The van der Waals surface area contributed by atoms with Gasteiger partial charge >= 0.3 is 0 Å². The maximum atomic E-state index is 6.38. The van der Waals surface area contributed by atoms with E-state index < -0.39 is 0 Å². The second-order valence-corrected chi connectivity index (χ2v) is 8.10. The van der Waals surface area contributed by atoms with E-state index in [-0.39, 0.29) is 0 Å². The third kappa shape index (κ3) is 3.14. The molecule has 0 atom stereocenters. The van der Waals surface area contributed by atoms with Gasteiger partial charge in [-0.2, -0.15) is 0 Å². The first-order valence-electron chi connectivity index (χ1n) is 10.0. The second kappa shape index (κ2) is 7.05. The van der Waals surface area contributed by atoms with Crippen molar-refractivity contribution in [3.63, 3.8) is 0 Å². The zero-order valence-electron chi connectivity index (χ0n) is 16.9. The van der Waals surface area contributed by atoms with Gasteiger partial charge in [0.05, 0.1) is 12.2 Å². The standard InChI is InChI=1S/C24H30N2O/c1-15-16(2)22-18(4)21(27-24(22)23(25)17(15)3)14-26-12-10-20(11-13-26)19-8-6-5-7-9-19/h5-9,20H,10-14,25H2,1-4H3. The van der Waals surface area contributed by atoms with Gasteiger partial charge in [0.15, 0.2) is 5.58 Å². The number of fused-ring (bicyclic) bond motifs is 1. The monoisotopic (exact) mass is 362 g/mol. The Balaban J connectivity index is 1.54. The molecule has 1 fully saturated rings. The van der Waals surface area contributed by atoms with Gasteiger partial charge in [0, 0.05) is 10.9 Å². The van der Waals surface area contributed by atoms with Crippen LogP contribution in [-0.2, 0) is 6.54 Å². The fraction of sp³-hybridized carbons (Fsp3) is 0.417. The van der Waals surface area contributed by atoms with Crippen molar-refractivity contribution in [2.24, 2.45) is 0 Å². The molecule has 2 heterocycles. The molecule has 0 amide bonds. The molecule has 4 rings (SSSR count). The fourth-order valence-corrected chi connectivity index (χ4v) is 4.55. The van der Waals surface area contributed by atoms with Crippen LogP contribution in [0.15, 0.2) is 34.7 Å². The largest absolute Gasteiger partial charge is 0.457 e. The van der Waals surface area contributed by atoms with Crippen LogP contribution in [0.25, 0.3) is 11.0 Å². The first kappa shape index (κ1) is 18.1. The van der Waals surface area contributed by atoms with Crippen molar-refractivity contribution in [1.29, 1.82) is 0 Å². The van der Waals surface area contributed by atoms with E-state index in [1.807, 2.05) is 0 Å². The van der Waals surface area contributed by atoms with Crippen LogP contribution in [0.4, 0.5) is 5.69 Å². The summed E-state index contributed by atoms with van der Waals surface area (Å²) in [5.41, 5.74) is 14.5. The molecule has 0 unspecified atom stereocenters. The number of nitrogens with two attached hydrogens (primary N) is 1. The van der Waals surface area contributed by atoms with Crippen LogP contribution in [0.5, 0.6) is 0 Å². The number of furan rings is 1. The molecule has 1 aromatic heterocycles. The SMILES string of the molecule is Cc1c(C)c(C)c2c(C)c(CN3CCC(c4ccccc4)CC3)oc2c1N. The van der Waals surface area contributed by atoms with E-state index >= 15 is 0 Å². The summed E-state index contributed by atoms with van der Waals surface area (Å²) in [7, 11) is 0. The van der Waals surface area contributed by atoms with E-state index in [1.165, 1.54) is 40.5 Å². The fourth-order valence-electron chi connectivity index (χ4n) is 4.55. The Morgan fingerprint density at radius 1 is 0.926 bits per heavy atom. The summed E-state index contributed by atoms with van der Waals surface area (Å²) < 4.78 is 6.29. The van der Waals surface area contributed by atoms with Crippen LogP contribution in [0.3, 0.4) is 0 Å². The Labute approximate surface area is 162 Å². The van der Waals surface area contributed by atoms with Crippen LogP contribution < -0.4 is 5.73 Å². The minimum atomic E-state index is 0.683. The van der Waals surface area contributed by atoms with E-state index in [9.17, 15) is 0 Å². The lowest BCUT2D eigenvalue weighted by Crippen LogP contribution is -2.32. The van der Waals surface area contributed by atoms with Gasteiger partial charge in [0.1, 0.15) is 5.76 Å². The van der Waals surface area contributed by atoms with E-state index in [0.717, 1.165) is 42.2 Å². The average Bonchev–Trinajstić information content (AvgIpc) is 3.02. The van der Waals surface area contributed by atoms with E-state index in [0.29, 0.717) is 5.92 Å². The number of piperidine rings is 1. The van der Waals surface area contributed by atoms with Gasteiger partial charge in [-0.15, -0.1) is 0 Å². The van der Waals surface area contributed by atoms with Crippen molar-refractivity contribution in [3.8, 4) is 0 Å². The molecular weight excluding hydrogens is 332 g/mol. The Bertz CT molecular complexity index is 963. The van der Waals surface area contributed by atoms with Gasteiger partial charge in [0.2, 0.25) is 0 Å². The lowest BCUT2D eigenvalue weighted by molar-refractivity contribution is 0.192. The number of hydrogen-bond acceptors (Lipinski definition) is 3. The molecule has 3 heteroatoms. The smallest absolute Gasteiger partial charge is 0.158 e. The maximum absolute atomic E-state index is 6.38. The molecule has 3 aromatic rings. The Morgan fingerprint density at radius 3 is 2.26 bits per heavy atom. The van der Waals surface area contributed by atoms with Gasteiger partial charge in [-0.1, -0.05) is 30.3 Å². The third-order valence-corrected chi connectivity index (χ3v) is 6.62. The molecule has 0 bridgehead atoms. The van der Waals surface area contributed by atoms with Gasteiger partial charge < -0.3 is 10.2 Å². The molecule has 2 aromatic carbocycles. The van der Waals surface area contributed by atoms with Crippen molar-refractivity contribution in [3.05, 3.63) is 63.9 Å². The first-order chi connectivity index (χ1) is 13.0. The highest BCUT2D eigenvalue weighted by atomic mass is 16.3. The second-order valence-electron chi connectivity index (χ2n) is 8.10. The Hall–Kier alpha value is -2.26. The highest BCUT2D eigenvalue weighted by Gasteiger charge is 2.24. The van der Waals surface area contributed by atoms with Gasteiger partial charge in [-0.05, 0) is 81.8 Å². The van der Waals surface area contributed by atoms with Crippen LogP contribution in [0, 0.1) is 27.7 Å². The maximum Gasteiger partial charge on any atom is 0.158 e. The number of anilines is 1. The topological polar surface area (TPSA) is 42.4 Å². The number of rotatable bonds is 3. The average molecular weight is 363 g/mol. The highest BCUT2D eigenvalue weighted by Crippen LogP contribution is 2.37. The number of aryl methyl sites for hydroxylation is 2. The zero-order chi connectivity index (χ0) is 19.1. The van der Waals surface area contributed by atoms with Crippen molar-refractivity contribution >= 4 is 16.7 Å². The predicted octanol–water partition coefficient (Wildman–Crippen LogP) is 5.63. The molecule has 0 spiro atoms. The third-order valence-electron chi connectivity index (χ3n) is 6.62. The van der Waals surface area contributed by atoms with E-state index in [2.05, 4.69) is 62.9 Å². The number of benzene rings is 2. The zero-order valence-corrected chi connectivity index (χ0v) is 16.9. The first-order valence-corrected chi connectivity index (χ1v) is 10.0. The number of likely N-dealkylation sites (tertiary alicyclic amines) is 1. The lowest BCUT2D eigenvalue weighted by Gasteiger charge is -2.31. The predicted molar refractivity (Wildman–Crippen MR) is 113 cm³/mol. The summed E-state index contributed by atoms with van der Waals surface area (Å²) in [5.74, 6) is 1.75. The summed E-state index contributed by atoms with van der Waals surface area (Å²) in [6.45, 7) is 11.7. The minimum absolute atomic E-state index is 0.683. The summed E-state index contributed by atoms with van der Waals surface area (Å²) >= 11 is 0. The van der Waals surface area contributed by atoms with Crippen molar-refractivity contribution in [2.75, 3.05) is 18.8 Å². The van der Waals surface area contributed by atoms with Crippen LogP contribution >= 0.6 is 0 Å². The summed E-state index contributed by atoms with van der Waals surface area (Å²) in [6, 6.07) is 10.9. The van der Waals surface area contributed by atoms with Gasteiger partial charge in [-0.3, -0.25) is 4.90 Å². The molecule has 0 aliphatic carbocycles. The number of nitrogen functional groups attached to an aromatic ring is 1. The normalized spacial score (nSPS) is 16.3. The number of nitrogens with zero attached hydrogens (tertiary/aromatic N) is 1. The molecule has 0 radical (unpaired) electrons. The van der Waals surface area contributed by atoms with E-state index in [4.69, 9.17) is 10.2 Å². The molecule has 1 saturated heterocycles. The van der Waals surface area contributed by atoms with Crippen molar-refractivity contribution in [1.82, 2.24) is 4.90 Å². The molecular formula is C24H30N2O. The number of hydrogen-bond donors (Lipinski definition) is 1. The van der Waals surface area contributed by atoms with Crippen LogP contribution in [0.2, 0.25) is 0 Å². The molecule has 1 aliphatic heterocycles. The summed E-state index contributed by atoms with van der Waals surface area (Å²) in [6.07, 6.45) is 2.42. The molecule has 142 valence electrons. The molecule has 2 N–H and O–H groups in total. The Kier molecular flexibility index (Phi) is 4.73. The quantitative estimate of drug-likeness (QED) is 0.614. The van der Waals surface area contributed by atoms with Crippen molar-refractivity contribution in [2.45, 2.75) is 53.0 Å².